The molecule has 1 aliphatic rings. The lowest BCUT2D eigenvalue weighted by molar-refractivity contribution is 0.00578. The van der Waals surface area contributed by atoms with Crippen LogP contribution in [0.5, 0.6) is 0 Å². The van der Waals surface area contributed by atoms with Gasteiger partial charge in [-0.2, -0.15) is 0 Å². The van der Waals surface area contributed by atoms with Gasteiger partial charge in [-0.3, -0.25) is 0 Å². The van der Waals surface area contributed by atoms with E-state index in [4.69, 9.17) is 15.0 Å². The number of aromatic nitrogens is 1. The quantitative estimate of drug-likeness (QED) is 0.830. The number of rotatable bonds is 2. The van der Waals surface area contributed by atoms with Crippen LogP contribution in [-0.4, -0.2) is 23.3 Å². The Morgan fingerprint density at radius 1 is 1.16 bits per heavy atom. The summed E-state index contributed by atoms with van der Waals surface area (Å²) in [7, 11) is -0.334. The van der Waals surface area contributed by atoms with Crippen molar-refractivity contribution in [1.82, 2.24) is 4.98 Å². The van der Waals surface area contributed by atoms with E-state index >= 15 is 0 Å². The van der Waals surface area contributed by atoms with Crippen LogP contribution in [0, 0.1) is 6.92 Å². The van der Waals surface area contributed by atoms with E-state index in [-0.39, 0.29) is 18.3 Å². The lowest BCUT2D eigenvalue weighted by Crippen LogP contribution is -2.41. The molecular weight excluding hydrogens is 239 g/mol. The van der Waals surface area contributed by atoms with Crippen molar-refractivity contribution in [2.45, 2.75) is 45.8 Å². The first kappa shape index (κ1) is 14.1. The third-order valence-electron chi connectivity index (χ3n) is 3.71. The van der Waals surface area contributed by atoms with Crippen molar-refractivity contribution >= 4 is 19.0 Å². The van der Waals surface area contributed by atoms with Crippen molar-refractivity contribution in [3.63, 3.8) is 0 Å². The number of hydrogen-bond acceptors (Lipinski definition) is 4. The summed E-state index contributed by atoms with van der Waals surface area (Å²) in [5, 5.41) is 0. The van der Waals surface area contributed by atoms with Crippen molar-refractivity contribution in [3.8, 4) is 0 Å². The van der Waals surface area contributed by atoms with Crippen LogP contribution in [0.4, 0.5) is 5.82 Å². The molecule has 1 saturated heterocycles. The molecule has 0 unspecified atom stereocenters. The van der Waals surface area contributed by atoms with Crippen molar-refractivity contribution in [3.05, 3.63) is 29.4 Å². The highest BCUT2D eigenvalue weighted by molar-refractivity contribution is 6.52. The van der Waals surface area contributed by atoms with Gasteiger partial charge in [-0.1, -0.05) is 12.1 Å². The zero-order valence-electron chi connectivity index (χ0n) is 12.2. The largest absolute Gasteiger partial charge is 0.487 e. The number of aryl methyl sites for hydroxylation is 1. The molecule has 4 nitrogen and oxygen atoms in total. The van der Waals surface area contributed by atoms with Crippen molar-refractivity contribution in [2.24, 2.45) is 0 Å². The molecule has 0 atom stereocenters. The Labute approximate surface area is 115 Å². The van der Waals surface area contributed by atoms with E-state index in [0.29, 0.717) is 5.82 Å². The molecule has 1 aliphatic heterocycles. The van der Waals surface area contributed by atoms with Crippen LogP contribution in [0.2, 0.25) is 0 Å². The van der Waals surface area contributed by atoms with Crippen LogP contribution in [0.15, 0.2) is 18.1 Å². The highest BCUT2D eigenvalue weighted by Gasteiger charge is 2.49. The molecule has 2 heterocycles. The van der Waals surface area contributed by atoms with Crippen molar-refractivity contribution in [1.29, 1.82) is 0 Å². The first-order valence-corrected chi connectivity index (χ1v) is 6.48. The molecule has 2 N–H and O–H groups in total. The molecule has 0 spiro atoms. The van der Waals surface area contributed by atoms with E-state index in [9.17, 15) is 0 Å². The Morgan fingerprint density at radius 2 is 1.74 bits per heavy atom. The summed E-state index contributed by atoms with van der Waals surface area (Å²) in [6, 6.07) is 3.80. The zero-order valence-corrected chi connectivity index (χ0v) is 12.2. The molecule has 1 fully saturated rings. The van der Waals surface area contributed by atoms with Gasteiger partial charge in [0.1, 0.15) is 5.82 Å². The maximum atomic E-state index is 5.89. The second kappa shape index (κ2) is 4.65. The monoisotopic (exact) mass is 260 g/mol. The van der Waals surface area contributed by atoms with E-state index < -0.39 is 0 Å². The second-order valence-corrected chi connectivity index (χ2v) is 5.95. The van der Waals surface area contributed by atoms with Gasteiger partial charge >= 0.3 is 7.12 Å². The van der Waals surface area contributed by atoms with Gasteiger partial charge in [0.25, 0.3) is 0 Å². The molecule has 19 heavy (non-hydrogen) atoms. The highest BCUT2D eigenvalue weighted by atomic mass is 16.7. The average molecular weight is 260 g/mol. The summed E-state index contributed by atoms with van der Waals surface area (Å²) in [6.07, 6.45) is 1.95. The fourth-order valence-corrected chi connectivity index (χ4v) is 1.97. The third kappa shape index (κ3) is 2.99. The van der Waals surface area contributed by atoms with Gasteiger partial charge in [0.2, 0.25) is 0 Å². The standard InChI is InChI=1S/C14H21BN2O2/c1-10-8-11(9-12(16)17-10)6-7-15-18-13(2,3)14(4,5)19-15/h6-9H,1-5H3,(H2,16,17)/b7-6+. The van der Waals surface area contributed by atoms with Crippen LogP contribution in [-0.2, 0) is 9.31 Å². The maximum Gasteiger partial charge on any atom is 0.487 e. The van der Waals surface area contributed by atoms with Crippen molar-refractivity contribution in [2.75, 3.05) is 5.73 Å². The number of hydrogen-bond donors (Lipinski definition) is 1. The van der Waals surface area contributed by atoms with Gasteiger partial charge in [0.15, 0.2) is 0 Å². The third-order valence-corrected chi connectivity index (χ3v) is 3.71. The highest BCUT2D eigenvalue weighted by Crippen LogP contribution is 2.37. The number of nitrogens with two attached hydrogens (primary N) is 1. The average Bonchev–Trinajstić information content (AvgIpc) is 2.43. The summed E-state index contributed by atoms with van der Waals surface area (Å²) >= 11 is 0. The molecule has 1 aromatic rings. The van der Waals surface area contributed by atoms with E-state index in [1.807, 2.05) is 58.8 Å². The van der Waals surface area contributed by atoms with Crippen LogP contribution in [0.25, 0.3) is 6.08 Å². The second-order valence-electron chi connectivity index (χ2n) is 5.95. The number of nitrogens with zero attached hydrogens (tertiary/aromatic N) is 1. The Balaban J connectivity index is 2.12. The first-order chi connectivity index (χ1) is 8.69. The molecular formula is C14H21BN2O2. The number of anilines is 1. The molecule has 2 rings (SSSR count). The van der Waals surface area contributed by atoms with Gasteiger partial charge in [-0.05, 0) is 52.3 Å². The van der Waals surface area contributed by atoms with Crippen LogP contribution >= 0.6 is 0 Å². The number of nitrogen functional groups attached to an aromatic ring is 1. The molecule has 102 valence electrons. The number of pyridine rings is 1. The van der Waals surface area contributed by atoms with Crippen LogP contribution in [0.1, 0.15) is 39.0 Å². The topological polar surface area (TPSA) is 57.4 Å². The maximum absolute atomic E-state index is 5.89. The summed E-state index contributed by atoms with van der Waals surface area (Å²) in [4.78, 5) is 4.14. The molecule has 0 radical (unpaired) electrons. The SMILES string of the molecule is Cc1cc(/C=C/B2OC(C)(C)C(C)(C)O2)cc(N)n1. The molecule has 0 bridgehead atoms. The Hall–Kier alpha value is -1.33. The van der Waals surface area contributed by atoms with Gasteiger partial charge in [-0.15, -0.1) is 0 Å². The predicted molar refractivity (Wildman–Crippen MR) is 78.5 cm³/mol. The van der Waals surface area contributed by atoms with E-state index in [0.717, 1.165) is 11.3 Å². The fourth-order valence-electron chi connectivity index (χ4n) is 1.97. The Kier molecular flexibility index (Phi) is 3.45. The molecule has 0 amide bonds. The minimum absolute atomic E-state index is 0.310. The fraction of sp³-hybridized carbons (Fsp3) is 0.500. The van der Waals surface area contributed by atoms with Crippen LogP contribution < -0.4 is 5.73 Å². The summed E-state index contributed by atoms with van der Waals surface area (Å²) < 4.78 is 11.8. The molecule has 0 aliphatic carbocycles. The van der Waals surface area contributed by atoms with Gasteiger partial charge < -0.3 is 15.0 Å². The Morgan fingerprint density at radius 3 is 2.26 bits per heavy atom. The predicted octanol–water partition coefficient (Wildman–Crippen LogP) is 2.62. The van der Waals surface area contributed by atoms with Gasteiger partial charge in [0, 0.05) is 5.69 Å². The summed E-state index contributed by atoms with van der Waals surface area (Å²) in [5.41, 5.74) is 7.00. The van der Waals surface area contributed by atoms with E-state index in [1.165, 1.54) is 0 Å². The summed E-state index contributed by atoms with van der Waals surface area (Å²) in [6.45, 7) is 10.1. The summed E-state index contributed by atoms with van der Waals surface area (Å²) in [5.74, 6) is 2.43. The molecule has 0 saturated carbocycles. The Bertz CT molecular complexity index is 476. The van der Waals surface area contributed by atoms with Crippen molar-refractivity contribution < 1.29 is 9.31 Å². The lowest BCUT2D eigenvalue weighted by Gasteiger charge is -2.32. The normalized spacial score (nSPS) is 21.2. The van der Waals surface area contributed by atoms with E-state index in [2.05, 4.69) is 4.98 Å². The molecule has 1 aromatic heterocycles. The smallest absolute Gasteiger partial charge is 0.400 e. The zero-order chi connectivity index (χ0) is 14.3. The first-order valence-electron chi connectivity index (χ1n) is 6.48. The molecule has 0 aromatic carbocycles. The lowest BCUT2D eigenvalue weighted by atomic mass is 9.89. The molecule has 5 heteroatoms. The minimum Gasteiger partial charge on any atom is -0.400 e. The van der Waals surface area contributed by atoms with E-state index in [1.54, 1.807) is 0 Å². The van der Waals surface area contributed by atoms with Crippen LogP contribution in [0.3, 0.4) is 0 Å². The van der Waals surface area contributed by atoms with Gasteiger partial charge in [-0.25, -0.2) is 4.98 Å². The van der Waals surface area contributed by atoms with Gasteiger partial charge in [0.05, 0.1) is 11.2 Å². The minimum atomic E-state index is -0.334.